The average molecular weight is 495 g/mol. The van der Waals surface area contributed by atoms with Gasteiger partial charge in [-0.15, -0.1) is 22.0 Å². The second-order valence-electron chi connectivity index (χ2n) is 7.26. The first-order valence-electron chi connectivity index (χ1n) is 10.5. The lowest BCUT2D eigenvalue weighted by molar-refractivity contribution is -0.113. The van der Waals surface area contributed by atoms with Crippen LogP contribution in [0.4, 0.5) is 10.1 Å². The van der Waals surface area contributed by atoms with Crippen molar-refractivity contribution in [3.05, 3.63) is 90.5 Å². The number of aromatic nitrogens is 3. The fraction of sp³-hybridized carbons (Fsp3) is 0.160. The van der Waals surface area contributed by atoms with Gasteiger partial charge >= 0.3 is 0 Å². The van der Waals surface area contributed by atoms with Crippen LogP contribution >= 0.6 is 23.5 Å². The zero-order chi connectivity index (χ0) is 23.9. The van der Waals surface area contributed by atoms with E-state index in [1.807, 2.05) is 72.3 Å². The molecule has 0 spiro atoms. The van der Waals surface area contributed by atoms with Gasteiger partial charge in [0.2, 0.25) is 5.91 Å². The molecular weight excluding hydrogens is 471 g/mol. The van der Waals surface area contributed by atoms with E-state index >= 15 is 0 Å². The summed E-state index contributed by atoms with van der Waals surface area (Å²) in [5.41, 5.74) is 1.64. The summed E-state index contributed by atoms with van der Waals surface area (Å²) in [6.07, 6.45) is 1.51. The van der Waals surface area contributed by atoms with Gasteiger partial charge in [-0.3, -0.25) is 9.36 Å². The highest BCUT2D eigenvalue weighted by atomic mass is 32.2. The summed E-state index contributed by atoms with van der Waals surface area (Å²) < 4.78 is 21.1. The highest BCUT2D eigenvalue weighted by molar-refractivity contribution is 7.99. The monoisotopic (exact) mass is 494 g/mol. The maximum atomic E-state index is 13.2. The van der Waals surface area contributed by atoms with Gasteiger partial charge in [-0.1, -0.05) is 42.1 Å². The molecule has 0 saturated heterocycles. The Morgan fingerprint density at radius 3 is 2.47 bits per heavy atom. The number of thioether (sulfide) groups is 2. The third kappa shape index (κ3) is 5.78. The molecule has 1 heterocycles. The summed E-state index contributed by atoms with van der Waals surface area (Å²) in [7, 11) is 0. The predicted molar refractivity (Wildman–Crippen MR) is 134 cm³/mol. The number of hydrogen-bond acceptors (Lipinski definition) is 6. The summed E-state index contributed by atoms with van der Waals surface area (Å²) in [4.78, 5) is 13.7. The van der Waals surface area contributed by atoms with Crippen LogP contribution in [0.25, 0.3) is 5.69 Å². The van der Waals surface area contributed by atoms with Gasteiger partial charge in [0, 0.05) is 10.6 Å². The molecule has 0 aliphatic rings. The summed E-state index contributed by atoms with van der Waals surface area (Å²) in [6.45, 7) is 1.85. The summed E-state index contributed by atoms with van der Waals surface area (Å²) in [6, 6.07) is 23.2. The molecule has 9 heteroatoms. The van der Waals surface area contributed by atoms with Gasteiger partial charge in [-0.05, 0) is 61.7 Å². The van der Waals surface area contributed by atoms with Crippen molar-refractivity contribution in [2.75, 3.05) is 17.3 Å². The molecule has 0 fully saturated rings. The van der Waals surface area contributed by atoms with Crippen LogP contribution in [-0.2, 0) is 4.79 Å². The highest BCUT2D eigenvalue weighted by Crippen LogP contribution is 2.29. The maximum absolute atomic E-state index is 13.2. The van der Waals surface area contributed by atoms with E-state index in [4.69, 9.17) is 4.74 Å². The van der Waals surface area contributed by atoms with E-state index in [1.165, 1.54) is 23.9 Å². The number of hydrogen-bond donors (Lipinski definition) is 1. The number of benzene rings is 3. The smallest absolute Gasteiger partial charge is 0.234 e. The molecule has 1 amide bonds. The molecule has 0 aliphatic heterocycles. The molecule has 4 aromatic rings. The van der Waals surface area contributed by atoms with Crippen LogP contribution in [0, 0.1) is 5.82 Å². The highest BCUT2D eigenvalue weighted by Gasteiger charge is 2.22. The van der Waals surface area contributed by atoms with Gasteiger partial charge in [-0.2, -0.15) is 0 Å². The van der Waals surface area contributed by atoms with Gasteiger partial charge in [0.05, 0.1) is 11.4 Å². The van der Waals surface area contributed by atoms with E-state index in [2.05, 4.69) is 15.5 Å². The topological polar surface area (TPSA) is 69.0 Å². The van der Waals surface area contributed by atoms with Crippen molar-refractivity contribution in [1.29, 1.82) is 0 Å². The van der Waals surface area contributed by atoms with Crippen LogP contribution < -0.4 is 10.1 Å². The van der Waals surface area contributed by atoms with Crippen LogP contribution in [0.15, 0.2) is 88.9 Å². The Bertz CT molecular complexity index is 1250. The molecule has 34 heavy (non-hydrogen) atoms. The first-order valence-corrected chi connectivity index (χ1v) is 12.7. The molecule has 1 unspecified atom stereocenters. The molecule has 0 saturated carbocycles. The number of rotatable bonds is 9. The van der Waals surface area contributed by atoms with E-state index in [-0.39, 0.29) is 17.5 Å². The fourth-order valence-electron chi connectivity index (χ4n) is 3.29. The van der Waals surface area contributed by atoms with Crippen LogP contribution in [0.3, 0.4) is 0 Å². The molecule has 6 nitrogen and oxygen atoms in total. The van der Waals surface area contributed by atoms with Crippen molar-refractivity contribution in [1.82, 2.24) is 14.8 Å². The maximum Gasteiger partial charge on any atom is 0.234 e. The number of carbonyl (C=O) groups is 1. The Kier molecular flexibility index (Phi) is 7.87. The number of nitrogens with zero attached hydrogens (tertiary/aromatic N) is 3. The summed E-state index contributed by atoms with van der Waals surface area (Å²) >= 11 is 2.87. The van der Waals surface area contributed by atoms with E-state index in [0.717, 1.165) is 16.3 Å². The molecule has 4 rings (SSSR count). The lowest BCUT2D eigenvalue weighted by Gasteiger charge is -2.16. The van der Waals surface area contributed by atoms with Crippen molar-refractivity contribution < 1.29 is 13.9 Å². The molecular formula is C25H23FN4O2S2. The average Bonchev–Trinajstić information content (AvgIpc) is 3.29. The Hall–Kier alpha value is -3.30. The molecule has 1 N–H and O–H groups in total. The second kappa shape index (κ2) is 11.2. The summed E-state index contributed by atoms with van der Waals surface area (Å²) in [5.74, 6) is 0.806. The molecule has 1 aromatic heterocycles. The number of ether oxygens (including phenoxy) is 1. The Labute approximate surface area is 205 Å². The van der Waals surface area contributed by atoms with Crippen LogP contribution in [0.5, 0.6) is 5.75 Å². The molecule has 0 aliphatic carbocycles. The van der Waals surface area contributed by atoms with Crippen LogP contribution in [-0.4, -0.2) is 32.7 Å². The number of carbonyl (C=O) groups excluding carboxylic acids is 1. The minimum Gasteiger partial charge on any atom is -0.483 e. The fourth-order valence-corrected chi connectivity index (χ4v) is 4.60. The SMILES string of the molecule is CSc1ccccc1NC(=O)CSc1nnc(C(C)Oc2ccc(F)cc2)n1-c1ccccc1. The van der Waals surface area contributed by atoms with E-state index < -0.39 is 6.10 Å². The molecule has 3 aromatic carbocycles. The number of amides is 1. The number of para-hydroxylation sites is 2. The zero-order valence-electron chi connectivity index (χ0n) is 18.6. The lowest BCUT2D eigenvalue weighted by atomic mass is 10.3. The first-order chi connectivity index (χ1) is 16.5. The number of nitrogens with one attached hydrogen (secondary N) is 1. The summed E-state index contributed by atoms with van der Waals surface area (Å²) in [5, 5.41) is 12.2. The Morgan fingerprint density at radius 2 is 1.74 bits per heavy atom. The van der Waals surface area contributed by atoms with Gasteiger partial charge in [0.25, 0.3) is 0 Å². The minimum absolute atomic E-state index is 0.133. The number of halogens is 1. The van der Waals surface area contributed by atoms with Gasteiger partial charge < -0.3 is 10.1 Å². The standard InChI is InChI=1S/C25H23FN4O2S2/c1-17(32-20-14-12-18(26)13-15-20)24-28-29-25(30(24)19-8-4-3-5-9-19)34-16-23(31)27-21-10-6-7-11-22(21)33-2/h3-15,17H,16H2,1-2H3,(H,27,31). The largest absolute Gasteiger partial charge is 0.483 e. The zero-order valence-corrected chi connectivity index (χ0v) is 20.3. The van der Waals surface area contributed by atoms with Crippen molar-refractivity contribution in [2.45, 2.75) is 23.1 Å². The van der Waals surface area contributed by atoms with Crippen LogP contribution in [0.1, 0.15) is 18.9 Å². The second-order valence-corrected chi connectivity index (χ2v) is 9.05. The third-order valence-corrected chi connectivity index (χ3v) is 6.60. The normalized spacial score (nSPS) is 11.7. The molecule has 0 radical (unpaired) electrons. The van der Waals surface area contributed by atoms with Gasteiger partial charge in [0.1, 0.15) is 11.6 Å². The van der Waals surface area contributed by atoms with E-state index in [0.29, 0.717) is 16.7 Å². The van der Waals surface area contributed by atoms with Crippen molar-refractivity contribution in [3.63, 3.8) is 0 Å². The van der Waals surface area contributed by atoms with Gasteiger partial charge in [0.15, 0.2) is 17.1 Å². The molecule has 1 atom stereocenters. The van der Waals surface area contributed by atoms with E-state index in [1.54, 1.807) is 23.9 Å². The minimum atomic E-state index is -0.463. The quantitative estimate of drug-likeness (QED) is 0.288. The van der Waals surface area contributed by atoms with E-state index in [9.17, 15) is 9.18 Å². The van der Waals surface area contributed by atoms with Crippen LogP contribution in [0.2, 0.25) is 0 Å². The van der Waals surface area contributed by atoms with Crippen molar-refractivity contribution in [3.8, 4) is 11.4 Å². The number of anilines is 1. The Morgan fingerprint density at radius 1 is 1.03 bits per heavy atom. The first kappa shape index (κ1) is 23.8. The predicted octanol–water partition coefficient (Wildman–Crippen LogP) is 6.00. The molecule has 0 bridgehead atoms. The lowest BCUT2D eigenvalue weighted by Crippen LogP contribution is -2.15. The molecule has 174 valence electrons. The van der Waals surface area contributed by atoms with Gasteiger partial charge in [-0.25, -0.2) is 4.39 Å². The third-order valence-electron chi connectivity index (χ3n) is 4.88. The van der Waals surface area contributed by atoms with Crippen molar-refractivity contribution >= 4 is 35.1 Å². The van der Waals surface area contributed by atoms with Crippen molar-refractivity contribution in [2.24, 2.45) is 0 Å². The Balaban J connectivity index is 1.53.